The second-order valence-corrected chi connectivity index (χ2v) is 11.1. The molecule has 0 N–H and O–H groups in total. The maximum absolute atomic E-state index is 12.5. The van der Waals surface area contributed by atoms with Crippen molar-refractivity contribution < 1.29 is 9.53 Å². The van der Waals surface area contributed by atoms with Crippen LogP contribution in [0.2, 0.25) is 0 Å². The predicted octanol–water partition coefficient (Wildman–Crippen LogP) is 5.80. The van der Waals surface area contributed by atoms with E-state index in [1.165, 1.54) is 31.2 Å². The van der Waals surface area contributed by atoms with Crippen molar-refractivity contribution >= 4 is 11.5 Å². The van der Waals surface area contributed by atoms with Gasteiger partial charge in [0.05, 0.1) is 7.11 Å². The molecule has 1 aromatic rings. The third-order valence-electron chi connectivity index (χ3n) is 9.89. The minimum Gasteiger partial charge on any atom is -0.497 e. The molecular formula is C27H37NO2. The fourth-order valence-electron chi connectivity index (χ4n) is 8.27. The van der Waals surface area contributed by atoms with Crippen molar-refractivity contribution in [3.8, 4) is 5.75 Å². The maximum Gasteiger partial charge on any atom is 0.222 e. The molecule has 0 aromatic heterocycles. The standard InChI is InChI=1S/C27H37NO2/c1-17-15-23-27(3,14-12-24(29)28(23)4)22-11-13-26(2)20(9-10-21(26)25(17)22)18-7-6-8-19(16-18)30-5/h6-9,16-17,21-23,25H,10-15H2,1-5H3/t17?,21-,22+,23?,25-,26+,27+/m0/s1. The normalized spacial score (nSPS) is 42.8. The van der Waals surface area contributed by atoms with Gasteiger partial charge in [0.25, 0.3) is 0 Å². The van der Waals surface area contributed by atoms with Gasteiger partial charge in [-0.15, -0.1) is 0 Å². The Morgan fingerprint density at radius 2 is 1.97 bits per heavy atom. The number of likely N-dealkylation sites (tertiary alicyclic amines) is 1. The minimum absolute atomic E-state index is 0.251. The zero-order chi connectivity index (χ0) is 21.3. The summed E-state index contributed by atoms with van der Waals surface area (Å²) in [5.74, 6) is 4.18. The molecule has 2 saturated carbocycles. The number of allylic oxidation sites excluding steroid dienone is 2. The number of piperidine rings is 1. The van der Waals surface area contributed by atoms with Gasteiger partial charge >= 0.3 is 0 Å². The first kappa shape index (κ1) is 20.2. The summed E-state index contributed by atoms with van der Waals surface area (Å²) in [5.41, 5.74) is 3.41. The lowest BCUT2D eigenvalue weighted by Crippen LogP contribution is -2.63. The van der Waals surface area contributed by atoms with E-state index in [2.05, 4.69) is 57.0 Å². The first-order valence-electron chi connectivity index (χ1n) is 11.9. The van der Waals surface area contributed by atoms with Crippen LogP contribution in [0, 0.1) is 34.5 Å². The quantitative estimate of drug-likeness (QED) is 0.620. The predicted molar refractivity (Wildman–Crippen MR) is 121 cm³/mol. The number of carbonyl (C=O) groups excluding carboxylic acids is 1. The van der Waals surface area contributed by atoms with E-state index < -0.39 is 0 Å². The number of nitrogens with zero attached hydrogens (tertiary/aromatic N) is 1. The number of benzene rings is 1. The molecule has 1 heterocycles. The van der Waals surface area contributed by atoms with Crippen molar-refractivity contribution in [1.82, 2.24) is 4.90 Å². The Bertz CT molecular complexity index is 891. The lowest BCUT2D eigenvalue weighted by atomic mass is 9.44. The van der Waals surface area contributed by atoms with Crippen LogP contribution in [-0.2, 0) is 4.79 Å². The number of fused-ring (bicyclic) bond motifs is 5. The van der Waals surface area contributed by atoms with Crippen molar-refractivity contribution in [3.05, 3.63) is 35.9 Å². The molecule has 0 spiro atoms. The van der Waals surface area contributed by atoms with Crippen molar-refractivity contribution in [2.45, 2.75) is 65.3 Å². The number of methoxy groups -OCH3 is 1. The van der Waals surface area contributed by atoms with Crippen LogP contribution in [0.15, 0.2) is 30.3 Å². The summed E-state index contributed by atoms with van der Waals surface area (Å²) in [5, 5.41) is 0. The number of rotatable bonds is 2. The molecule has 5 rings (SSSR count). The van der Waals surface area contributed by atoms with E-state index in [1.807, 2.05) is 6.07 Å². The summed E-state index contributed by atoms with van der Waals surface area (Å²) in [6, 6.07) is 9.07. The van der Waals surface area contributed by atoms with E-state index in [4.69, 9.17) is 4.74 Å². The van der Waals surface area contributed by atoms with Crippen LogP contribution in [0.3, 0.4) is 0 Å². The number of carbonyl (C=O) groups is 1. The Hall–Kier alpha value is -1.77. The molecule has 3 nitrogen and oxygen atoms in total. The first-order valence-corrected chi connectivity index (χ1v) is 11.9. The molecule has 3 fully saturated rings. The molecule has 7 atom stereocenters. The molecular weight excluding hydrogens is 370 g/mol. The zero-order valence-electron chi connectivity index (χ0n) is 19.3. The van der Waals surface area contributed by atoms with Gasteiger partial charge in [-0.1, -0.05) is 39.0 Å². The average molecular weight is 408 g/mol. The van der Waals surface area contributed by atoms with Gasteiger partial charge in [-0.25, -0.2) is 0 Å². The van der Waals surface area contributed by atoms with Gasteiger partial charge in [0.1, 0.15) is 5.75 Å². The third-order valence-corrected chi connectivity index (χ3v) is 9.89. The van der Waals surface area contributed by atoms with Gasteiger partial charge in [0.2, 0.25) is 5.91 Å². The third kappa shape index (κ3) is 2.66. The molecule has 1 saturated heterocycles. The largest absolute Gasteiger partial charge is 0.497 e. The van der Waals surface area contributed by atoms with Crippen LogP contribution in [0.1, 0.15) is 64.9 Å². The molecule has 30 heavy (non-hydrogen) atoms. The van der Waals surface area contributed by atoms with E-state index in [0.29, 0.717) is 23.8 Å². The van der Waals surface area contributed by atoms with E-state index in [-0.39, 0.29) is 10.8 Å². The van der Waals surface area contributed by atoms with Crippen LogP contribution in [0.5, 0.6) is 5.75 Å². The number of hydrogen-bond acceptors (Lipinski definition) is 2. The van der Waals surface area contributed by atoms with Gasteiger partial charge in [0.15, 0.2) is 0 Å². The summed E-state index contributed by atoms with van der Waals surface area (Å²) in [6.45, 7) is 7.52. The van der Waals surface area contributed by atoms with Gasteiger partial charge in [-0.2, -0.15) is 0 Å². The molecule has 1 aromatic carbocycles. The van der Waals surface area contributed by atoms with Crippen LogP contribution in [0.4, 0.5) is 0 Å². The fraction of sp³-hybridized carbons (Fsp3) is 0.667. The highest BCUT2D eigenvalue weighted by atomic mass is 16.5. The molecule has 1 aliphatic heterocycles. The van der Waals surface area contributed by atoms with Crippen LogP contribution >= 0.6 is 0 Å². The molecule has 0 radical (unpaired) electrons. The van der Waals surface area contributed by atoms with Crippen LogP contribution in [0.25, 0.3) is 5.57 Å². The zero-order valence-corrected chi connectivity index (χ0v) is 19.3. The molecule has 4 aliphatic rings. The highest BCUT2D eigenvalue weighted by Crippen LogP contribution is 2.67. The van der Waals surface area contributed by atoms with Gasteiger partial charge in [-0.3, -0.25) is 4.79 Å². The SMILES string of the molecule is COc1cccc(C2=CC[C@H]3[C@@H]4C(C)CC5N(C)C(=O)CC[C@]5(C)[C@@H]4CC[C@]23C)c1. The Kier molecular flexibility index (Phi) is 4.61. The van der Waals surface area contributed by atoms with Crippen molar-refractivity contribution in [1.29, 1.82) is 0 Å². The Labute approximate surface area is 181 Å². The lowest BCUT2D eigenvalue weighted by Gasteiger charge is -2.63. The number of ether oxygens (including phenoxy) is 1. The molecule has 0 bridgehead atoms. The topological polar surface area (TPSA) is 29.5 Å². The second kappa shape index (κ2) is 6.87. The van der Waals surface area contributed by atoms with Crippen molar-refractivity contribution in [2.24, 2.45) is 34.5 Å². The Morgan fingerprint density at radius 3 is 2.73 bits per heavy atom. The van der Waals surface area contributed by atoms with E-state index in [0.717, 1.165) is 30.4 Å². The lowest BCUT2D eigenvalue weighted by molar-refractivity contribution is -0.162. The van der Waals surface area contributed by atoms with E-state index in [1.54, 1.807) is 12.7 Å². The van der Waals surface area contributed by atoms with Crippen LogP contribution < -0.4 is 4.74 Å². The highest BCUT2D eigenvalue weighted by molar-refractivity contribution is 5.77. The summed E-state index contributed by atoms with van der Waals surface area (Å²) < 4.78 is 5.52. The molecule has 3 aliphatic carbocycles. The summed E-state index contributed by atoms with van der Waals surface area (Å²) >= 11 is 0. The molecule has 2 unspecified atom stereocenters. The Balaban J connectivity index is 1.48. The fourth-order valence-corrected chi connectivity index (χ4v) is 8.27. The smallest absolute Gasteiger partial charge is 0.222 e. The van der Waals surface area contributed by atoms with E-state index >= 15 is 0 Å². The Morgan fingerprint density at radius 1 is 1.17 bits per heavy atom. The van der Waals surface area contributed by atoms with Gasteiger partial charge < -0.3 is 9.64 Å². The molecule has 162 valence electrons. The monoisotopic (exact) mass is 407 g/mol. The maximum atomic E-state index is 12.5. The highest BCUT2D eigenvalue weighted by Gasteiger charge is 2.61. The van der Waals surface area contributed by atoms with Gasteiger partial charge in [-0.05, 0) is 89.9 Å². The van der Waals surface area contributed by atoms with Crippen molar-refractivity contribution in [3.63, 3.8) is 0 Å². The average Bonchev–Trinajstić information content (AvgIpc) is 3.10. The summed E-state index contributed by atoms with van der Waals surface area (Å²) in [7, 11) is 3.81. The molecule has 3 heteroatoms. The first-order chi connectivity index (χ1) is 14.3. The molecule has 1 amide bonds. The summed E-state index contributed by atoms with van der Waals surface area (Å²) in [4.78, 5) is 14.6. The van der Waals surface area contributed by atoms with Gasteiger partial charge in [0, 0.05) is 19.5 Å². The minimum atomic E-state index is 0.251. The number of hydrogen-bond donors (Lipinski definition) is 0. The number of amides is 1. The van der Waals surface area contributed by atoms with Crippen molar-refractivity contribution in [2.75, 3.05) is 14.2 Å². The van der Waals surface area contributed by atoms with Crippen LogP contribution in [-0.4, -0.2) is 31.0 Å². The summed E-state index contributed by atoms with van der Waals surface area (Å²) in [6.07, 6.45) is 9.27. The second-order valence-electron chi connectivity index (χ2n) is 11.1. The van der Waals surface area contributed by atoms with E-state index in [9.17, 15) is 4.79 Å².